The first-order chi connectivity index (χ1) is 13.9. The van der Waals surface area contributed by atoms with Gasteiger partial charge in [0.25, 0.3) is 0 Å². The van der Waals surface area contributed by atoms with Crippen LogP contribution in [-0.4, -0.2) is 23.9 Å². The number of rotatable bonds is 8. The van der Waals surface area contributed by atoms with Crippen molar-refractivity contribution in [2.24, 2.45) is 0 Å². The molecule has 0 atom stereocenters. The largest absolute Gasteiger partial charge is 0.488 e. The van der Waals surface area contributed by atoms with Gasteiger partial charge in [0.2, 0.25) is 0 Å². The summed E-state index contributed by atoms with van der Waals surface area (Å²) in [5.41, 5.74) is -1.83. The molecule has 0 aliphatic rings. The molecule has 2 N–H and O–H groups in total. The minimum atomic E-state index is -4.95. The zero-order chi connectivity index (χ0) is 22.5. The molecule has 0 heterocycles. The van der Waals surface area contributed by atoms with Gasteiger partial charge in [0.15, 0.2) is 0 Å². The number of ether oxygens (including phenoxy) is 2. The molecular weight excluding hydrogens is 409 g/mol. The lowest BCUT2D eigenvalue weighted by Crippen LogP contribution is -2.23. The highest BCUT2D eigenvalue weighted by molar-refractivity contribution is 5.41. The predicted octanol–water partition coefficient (Wildman–Crippen LogP) is 4.82. The molecule has 2 aromatic rings. The molecule has 166 valence electrons. The Morgan fingerprint density at radius 3 is 2.27 bits per heavy atom. The van der Waals surface area contributed by atoms with Crippen LogP contribution in [-0.2, 0) is 19.3 Å². The molecule has 0 amide bonds. The van der Waals surface area contributed by atoms with Crippen LogP contribution in [0.1, 0.15) is 37.5 Å². The van der Waals surface area contributed by atoms with E-state index in [2.05, 4.69) is 5.32 Å². The zero-order valence-corrected chi connectivity index (χ0v) is 16.9. The first-order valence-corrected chi connectivity index (χ1v) is 9.22. The Morgan fingerprint density at radius 1 is 0.967 bits per heavy atom. The molecule has 0 aliphatic carbocycles. The number of nitrogens with one attached hydrogen (secondary N) is 1. The van der Waals surface area contributed by atoms with Gasteiger partial charge in [0, 0.05) is 30.3 Å². The van der Waals surface area contributed by atoms with Gasteiger partial charge in [0.1, 0.15) is 35.3 Å². The maximum Gasteiger partial charge on any atom is 0.419 e. The molecule has 0 saturated heterocycles. The Kier molecular flexibility index (Phi) is 7.65. The molecule has 0 radical (unpaired) electrons. The van der Waals surface area contributed by atoms with E-state index >= 15 is 0 Å². The SMILES string of the molecule is CC(C)(C)Oc1ccc(OCc2cc(C(F)(F)F)c(F)cc2F)c(CNCCO)c1. The molecule has 9 heteroatoms. The number of benzene rings is 2. The van der Waals surface area contributed by atoms with E-state index in [0.717, 1.165) is 0 Å². The summed E-state index contributed by atoms with van der Waals surface area (Å²) in [6.45, 7) is 5.59. The Balaban J connectivity index is 2.26. The van der Waals surface area contributed by atoms with Gasteiger partial charge in [-0.15, -0.1) is 0 Å². The summed E-state index contributed by atoms with van der Waals surface area (Å²) in [6, 6.07) is 5.48. The van der Waals surface area contributed by atoms with E-state index in [1.54, 1.807) is 18.2 Å². The van der Waals surface area contributed by atoms with E-state index in [-0.39, 0.29) is 19.2 Å². The van der Waals surface area contributed by atoms with Gasteiger partial charge in [-0.2, -0.15) is 13.2 Å². The van der Waals surface area contributed by atoms with E-state index in [4.69, 9.17) is 14.6 Å². The zero-order valence-electron chi connectivity index (χ0n) is 16.9. The van der Waals surface area contributed by atoms with Crippen LogP contribution >= 0.6 is 0 Å². The summed E-state index contributed by atoms with van der Waals surface area (Å²) in [7, 11) is 0. The fourth-order valence-electron chi connectivity index (χ4n) is 2.63. The second-order valence-electron chi connectivity index (χ2n) is 7.59. The fourth-order valence-corrected chi connectivity index (χ4v) is 2.63. The van der Waals surface area contributed by atoms with E-state index in [1.165, 1.54) is 0 Å². The number of halogens is 5. The molecule has 2 aromatic carbocycles. The highest BCUT2D eigenvalue weighted by atomic mass is 19.4. The molecule has 2 rings (SSSR count). The molecule has 0 fully saturated rings. The fraction of sp³-hybridized carbons (Fsp3) is 0.429. The number of hydrogen-bond donors (Lipinski definition) is 2. The summed E-state index contributed by atoms with van der Waals surface area (Å²) < 4.78 is 77.5. The summed E-state index contributed by atoms with van der Waals surface area (Å²) in [4.78, 5) is 0. The monoisotopic (exact) mass is 433 g/mol. The van der Waals surface area contributed by atoms with Crippen molar-refractivity contribution in [3.8, 4) is 11.5 Å². The van der Waals surface area contributed by atoms with Gasteiger partial charge in [0.05, 0.1) is 12.2 Å². The molecule has 4 nitrogen and oxygen atoms in total. The molecular formula is C21H24F5NO3. The number of alkyl halides is 3. The third-order valence-electron chi connectivity index (χ3n) is 3.88. The third kappa shape index (κ3) is 6.84. The average Bonchev–Trinajstić information content (AvgIpc) is 2.60. The predicted molar refractivity (Wildman–Crippen MR) is 101 cm³/mol. The molecule has 0 unspecified atom stereocenters. The smallest absolute Gasteiger partial charge is 0.419 e. The van der Waals surface area contributed by atoms with Gasteiger partial charge in [-0.05, 0) is 45.0 Å². The minimum absolute atomic E-state index is 0.0879. The number of hydrogen-bond acceptors (Lipinski definition) is 4. The highest BCUT2D eigenvalue weighted by Gasteiger charge is 2.35. The van der Waals surface area contributed by atoms with Gasteiger partial charge < -0.3 is 19.9 Å². The summed E-state index contributed by atoms with van der Waals surface area (Å²) in [5.74, 6) is -1.98. The highest BCUT2D eigenvalue weighted by Crippen LogP contribution is 2.33. The molecule has 0 aromatic heterocycles. The third-order valence-corrected chi connectivity index (χ3v) is 3.88. The van der Waals surface area contributed by atoms with Crippen LogP contribution in [0.15, 0.2) is 30.3 Å². The number of aliphatic hydroxyl groups is 1. The van der Waals surface area contributed by atoms with Gasteiger partial charge in [-0.25, -0.2) is 8.78 Å². The van der Waals surface area contributed by atoms with Crippen LogP contribution in [0.25, 0.3) is 0 Å². The topological polar surface area (TPSA) is 50.7 Å². The second-order valence-corrected chi connectivity index (χ2v) is 7.59. The van der Waals surface area contributed by atoms with Gasteiger partial charge >= 0.3 is 6.18 Å². The second kappa shape index (κ2) is 9.61. The summed E-state index contributed by atoms with van der Waals surface area (Å²) in [5, 5.41) is 11.9. The molecule has 0 aliphatic heterocycles. The Bertz CT molecular complexity index is 863. The van der Waals surface area contributed by atoms with Crippen molar-refractivity contribution in [1.29, 1.82) is 0 Å². The maximum absolute atomic E-state index is 14.0. The summed E-state index contributed by atoms with van der Waals surface area (Å²) in [6.07, 6.45) is -4.95. The van der Waals surface area contributed by atoms with Crippen molar-refractivity contribution in [2.45, 2.75) is 45.7 Å². The lowest BCUT2D eigenvalue weighted by atomic mass is 10.1. The van der Waals surface area contributed by atoms with Crippen molar-refractivity contribution < 1.29 is 36.5 Å². The van der Waals surface area contributed by atoms with E-state index in [0.29, 0.717) is 29.7 Å². The Labute approximate surface area is 171 Å². The van der Waals surface area contributed by atoms with Crippen LogP contribution in [0.2, 0.25) is 0 Å². The lowest BCUT2D eigenvalue weighted by Gasteiger charge is -2.22. The molecule has 0 spiro atoms. The Hall–Kier alpha value is -2.39. The van der Waals surface area contributed by atoms with Crippen molar-refractivity contribution in [2.75, 3.05) is 13.2 Å². The summed E-state index contributed by atoms with van der Waals surface area (Å²) >= 11 is 0. The van der Waals surface area contributed by atoms with Crippen LogP contribution < -0.4 is 14.8 Å². The Morgan fingerprint density at radius 2 is 1.67 bits per heavy atom. The van der Waals surface area contributed by atoms with Crippen molar-refractivity contribution in [3.05, 3.63) is 58.7 Å². The van der Waals surface area contributed by atoms with E-state index < -0.39 is 41.1 Å². The molecule has 0 saturated carbocycles. The maximum atomic E-state index is 14.0. The van der Waals surface area contributed by atoms with Crippen LogP contribution in [0.4, 0.5) is 22.0 Å². The van der Waals surface area contributed by atoms with E-state index in [1.807, 2.05) is 20.8 Å². The van der Waals surface area contributed by atoms with Crippen LogP contribution in [0.3, 0.4) is 0 Å². The van der Waals surface area contributed by atoms with Gasteiger partial charge in [-0.3, -0.25) is 0 Å². The minimum Gasteiger partial charge on any atom is -0.488 e. The van der Waals surface area contributed by atoms with E-state index in [9.17, 15) is 22.0 Å². The quantitative estimate of drug-likeness (QED) is 0.463. The van der Waals surface area contributed by atoms with Gasteiger partial charge in [-0.1, -0.05) is 0 Å². The number of aliphatic hydroxyl groups excluding tert-OH is 1. The van der Waals surface area contributed by atoms with Crippen molar-refractivity contribution >= 4 is 0 Å². The first-order valence-electron chi connectivity index (χ1n) is 9.22. The first kappa shape index (κ1) is 23.9. The van der Waals surface area contributed by atoms with Crippen LogP contribution in [0, 0.1) is 11.6 Å². The van der Waals surface area contributed by atoms with Crippen LogP contribution in [0.5, 0.6) is 11.5 Å². The van der Waals surface area contributed by atoms with Crippen molar-refractivity contribution in [3.63, 3.8) is 0 Å². The normalized spacial score (nSPS) is 12.2. The van der Waals surface area contributed by atoms with Crippen molar-refractivity contribution in [1.82, 2.24) is 5.32 Å². The average molecular weight is 433 g/mol. The molecule has 30 heavy (non-hydrogen) atoms. The lowest BCUT2D eigenvalue weighted by molar-refractivity contribution is -0.140. The molecule has 0 bridgehead atoms. The standard InChI is InChI=1S/C21H24F5NO3/c1-20(2,3)30-15-4-5-19(13(8-15)11-27-6-7-28)29-12-14-9-16(21(24,25)26)18(23)10-17(14)22/h4-5,8-10,27-28H,6-7,11-12H2,1-3H3.